The van der Waals surface area contributed by atoms with Crippen LogP contribution >= 0.6 is 11.6 Å². The number of primary amides is 1. The van der Waals surface area contributed by atoms with Gasteiger partial charge in [-0.3, -0.25) is 14.0 Å². The van der Waals surface area contributed by atoms with Crippen LogP contribution in [-0.2, 0) is 12.8 Å². The molecule has 3 aromatic heterocycles. The summed E-state index contributed by atoms with van der Waals surface area (Å²) in [5.74, 6) is -0.916. The van der Waals surface area contributed by atoms with Gasteiger partial charge in [0, 0.05) is 28.9 Å². The average molecular weight is 505 g/mol. The van der Waals surface area contributed by atoms with E-state index in [2.05, 4.69) is 11.9 Å². The molecule has 6 rings (SSSR count). The summed E-state index contributed by atoms with van der Waals surface area (Å²) in [5.41, 5.74) is 7.95. The molecular weight excluding hydrogens is 483 g/mol. The molecule has 36 heavy (non-hydrogen) atoms. The lowest BCUT2D eigenvalue weighted by molar-refractivity contribution is 0.100. The molecule has 2 aliphatic carbocycles. The zero-order valence-corrected chi connectivity index (χ0v) is 20.1. The summed E-state index contributed by atoms with van der Waals surface area (Å²) < 4.78 is 18.2. The van der Waals surface area contributed by atoms with Gasteiger partial charge in [-0.15, -0.1) is 0 Å². The van der Waals surface area contributed by atoms with Crippen LogP contribution in [0.2, 0.25) is 5.02 Å². The van der Waals surface area contributed by atoms with Gasteiger partial charge in [-0.1, -0.05) is 36.8 Å². The Morgan fingerprint density at radius 1 is 1.28 bits per heavy atom. The van der Waals surface area contributed by atoms with Gasteiger partial charge < -0.3 is 10.7 Å². The summed E-state index contributed by atoms with van der Waals surface area (Å²) in [6.07, 6.45) is 9.04. The summed E-state index contributed by atoms with van der Waals surface area (Å²) >= 11 is 6.21. The monoisotopic (exact) mass is 504 g/mol. The fourth-order valence-corrected chi connectivity index (χ4v) is 5.82. The van der Waals surface area contributed by atoms with Crippen LogP contribution < -0.4 is 17.0 Å². The molecule has 0 spiro atoms. The molecule has 0 saturated carbocycles. The molecular formula is C27H22ClFN4O3. The van der Waals surface area contributed by atoms with Crippen LogP contribution in [0.1, 0.15) is 46.6 Å². The molecule has 1 aromatic carbocycles. The first-order valence-electron chi connectivity index (χ1n) is 11.7. The number of fused-ring (bicyclic) bond motifs is 4. The molecule has 0 fully saturated rings. The van der Waals surface area contributed by atoms with Crippen molar-refractivity contribution in [1.29, 1.82) is 0 Å². The molecule has 0 aliphatic heterocycles. The molecule has 9 heteroatoms. The van der Waals surface area contributed by atoms with Gasteiger partial charge in [0.1, 0.15) is 5.82 Å². The van der Waals surface area contributed by atoms with Crippen molar-refractivity contribution in [2.45, 2.75) is 32.2 Å². The minimum absolute atomic E-state index is 0.0778. The Morgan fingerprint density at radius 3 is 2.86 bits per heavy atom. The van der Waals surface area contributed by atoms with Gasteiger partial charge in [-0.25, -0.2) is 13.8 Å². The van der Waals surface area contributed by atoms with Crippen LogP contribution in [-0.4, -0.2) is 19.9 Å². The van der Waals surface area contributed by atoms with Crippen molar-refractivity contribution in [1.82, 2.24) is 14.0 Å². The molecule has 3 heterocycles. The molecule has 1 unspecified atom stereocenters. The Labute approximate surface area is 209 Å². The Bertz CT molecular complexity index is 1790. The van der Waals surface area contributed by atoms with Crippen molar-refractivity contribution >= 4 is 39.5 Å². The summed E-state index contributed by atoms with van der Waals surface area (Å²) in [6, 6.07) is 4.81. The SMILES string of the molecule is C[C@H]1CCc2c([nH]c3c(C(N)=O)cc(F)c(C4=CC=CC4n4c(=O)cc5c(Cl)cccn5c4=O)c23)C1. The zero-order chi connectivity index (χ0) is 25.3. The topological polar surface area (TPSA) is 102 Å². The molecule has 1 amide bonds. The van der Waals surface area contributed by atoms with Crippen LogP contribution in [0.15, 0.2) is 58.3 Å². The fraction of sp³-hybridized carbons (Fsp3) is 0.222. The van der Waals surface area contributed by atoms with Crippen molar-refractivity contribution in [3.8, 4) is 0 Å². The summed E-state index contributed by atoms with van der Waals surface area (Å²) in [4.78, 5) is 42.1. The van der Waals surface area contributed by atoms with Crippen LogP contribution in [0.25, 0.3) is 22.0 Å². The Hall–Kier alpha value is -3.91. The highest BCUT2D eigenvalue weighted by atomic mass is 35.5. The number of benzene rings is 1. The maximum atomic E-state index is 15.8. The van der Waals surface area contributed by atoms with E-state index in [9.17, 15) is 14.4 Å². The van der Waals surface area contributed by atoms with Crippen LogP contribution in [0.5, 0.6) is 0 Å². The highest BCUT2D eigenvalue weighted by Gasteiger charge is 2.31. The molecule has 0 bridgehead atoms. The number of nitrogens with one attached hydrogen (secondary N) is 1. The third-order valence-corrected chi connectivity index (χ3v) is 7.59. The Balaban J connectivity index is 1.62. The molecule has 182 valence electrons. The lowest BCUT2D eigenvalue weighted by atomic mass is 9.85. The number of hydrogen-bond acceptors (Lipinski definition) is 3. The van der Waals surface area contributed by atoms with E-state index < -0.39 is 29.0 Å². The number of aromatic amines is 1. The van der Waals surface area contributed by atoms with Gasteiger partial charge >= 0.3 is 5.69 Å². The zero-order valence-electron chi connectivity index (χ0n) is 19.3. The predicted octanol–water partition coefficient (Wildman–Crippen LogP) is 4.15. The number of halogens is 2. The van der Waals surface area contributed by atoms with Crippen molar-refractivity contribution in [3.63, 3.8) is 0 Å². The Kier molecular flexibility index (Phi) is 5.05. The molecule has 2 atom stereocenters. The number of nitrogens with zero attached hydrogens (tertiary/aromatic N) is 2. The number of aryl methyl sites for hydroxylation is 1. The minimum Gasteiger partial charge on any atom is -0.366 e. The van der Waals surface area contributed by atoms with E-state index in [1.165, 1.54) is 16.7 Å². The second-order valence-corrected chi connectivity index (χ2v) is 9.93. The van der Waals surface area contributed by atoms with E-state index in [1.807, 2.05) is 0 Å². The number of rotatable bonds is 3. The predicted molar refractivity (Wildman–Crippen MR) is 137 cm³/mol. The number of nitrogens with two attached hydrogens (primary N) is 1. The highest BCUT2D eigenvalue weighted by molar-refractivity contribution is 6.33. The first-order chi connectivity index (χ1) is 17.3. The first kappa shape index (κ1) is 22.5. The van der Waals surface area contributed by atoms with Gasteiger partial charge in [0.05, 0.1) is 27.7 Å². The molecule has 7 nitrogen and oxygen atoms in total. The molecule has 0 saturated heterocycles. The van der Waals surface area contributed by atoms with E-state index >= 15 is 4.39 Å². The van der Waals surface area contributed by atoms with E-state index in [4.69, 9.17) is 17.3 Å². The number of aromatic nitrogens is 3. The van der Waals surface area contributed by atoms with E-state index in [0.717, 1.165) is 34.7 Å². The normalized spacial score (nSPS) is 19.1. The minimum atomic E-state index is -0.842. The molecule has 0 radical (unpaired) electrons. The molecule has 4 aromatic rings. The second-order valence-electron chi connectivity index (χ2n) is 9.52. The standard InChI is InChI=1S/C27H22ClFN4O3/c1-13-7-8-14-19(10-13)31-25-16(26(30)35)11-18(29)23(24(14)25)15-4-2-6-20(15)33-22(34)12-21-17(28)5-3-9-32(21)27(33)36/h2-6,9,11-13,20,31H,7-8,10H2,1H3,(H2,30,35)/t13-,20?/m0/s1. The Morgan fingerprint density at radius 2 is 2.08 bits per heavy atom. The van der Waals surface area contributed by atoms with Crippen LogP contribution in [0.4, 0.5) is 4.39 Å². The second kappa shape index (κ2) is 8.06. The van der Waals surface area contributed by atoms with E-state index in [0.29, 0.717) is 34.3 Å². The van der Waals surface area contributed by atoms with E-state index in [1.54, 1.807) is 30.4 Å². The van der Waals surface area contributed by atoms with Gasteiger partial charge in [0.2, 0.25) is 0 Å². The number of allylic oxidation sites excluding steroid dienone is 4. The highest BCUT2D eigenvalue weighted by Crippen LogP contribution is 2.42. The number of pyridine rings is 1. The third kappa shape index (κ3) is 3.21. The van der Waals surface area contributed by atoms with Crippen molar-refractivity contribution in [2.75, 3.05) is 0 Å². The number of carbonyl (C=O) groups is 1. The summed E-state index contributed by atoms with van der Waals surface area (Å²) in [6.45, 7) is 2.15. The van der Waals surface area contributed by atoms with Crippen LogP contribution in [0, 0.1) is 11.7 Å². The van der Waals surface area contributed by atoms with Crippen molar-refractivity contribution < 1.29 is 9.18 Å². The number of carbonyl (C=O) groups excluding carboxylic acids is 1. The maximum Gasteiger partial charge on any atom is 0.336 e. The summed E-state index contributed by atoms with van der Waals surface area (Å²) in [7, 11) is 0. The first-order valence-corrected chi connectivity index (χ1v) is 12.1. The average Bonchev–Trinajstić information content (AvgIpc) is 3.44. The number of amides is 1. The molecule has 2 aliphatic rings. The van der Waals surface area contributed by atoms with Crippen molar-refractivity contribution in [3.05, 3.63) is 103 Å². The van der Waals surface area contributed by atoms with Crippen LogP contribution in [0.3, 0.4) is 0 Å². The smallest absolute Gasteiger partial charge is 0.336 e. The van der Waals surface area contributed by atoms with E-state index in [-0.39, 0.29) is 16.1 Å². The lowest BCUT2D eigenvalue weighted by Crippen LogP contribution is -2.39. The quantitative estimate of drug-likeness (QED) is 0.438. The largest absolute Gasteiger partial charge is 0.366 e. The fourth-order valence-electron chi connectivity index (χ4n) is 5.60. The lowest BCUT2D eigenvalue weighted by Gasteiger charge is -2.21. The third-order valence-electron chi connectivity index (χ3n) is 7.27. The summed E-state index contributed by atoms with van der Waals surface area (Å²) in [5, 5.41) is 0.863. The maximum absolute atomic E-state index is 15.8. The van der Waals surface area contributed by atoms with Gasteiger partial charge in [-0.2, -0.15) is 0 Å². The van der Waals surface area contributed by atoms with Gasteiger partial charge in [0.25, 0.3) is 11.5 Å². The van der Waals surface area contributed by atoms with Gasteiger partial charge in [0.15, 0.2) is 0 Å². The molecule has 3 N–H and O–H groups in total. The van der Waals surface area contributed by atoms with Gasteiger partial charge in [-0.05, 0) is 54.5 Å². The van der Waals surface area contributed by atoms with Crippen molar-refractivity contribution in [2.24, 2.45) is 11.7 Å². The number of hydrogen-bond donors (Lipinski definition) is 2. The number of H-pyrrole nitrogens is 1.